The Bertz CT molecular complexity index is 1140. The molecule has 4 nitrogen and oxygen atoms in total. The first-order valence-corrected chi connectivity index (χ1v) is 10.7. The highest BCUT2D eigenvalue weighted by Gasteiger charge is 2.43. The Morgan fingerprint density at radius 2 is 1.97 bits per heavy atom. The summed E-state index contributed by atoms with van der Waals surface area (Å²) in [7, 11) is 0. The van der Waals surface area contributed by atoms with Gasteiger partial charge < -0.3 is 10.6 Å². The van der Waals surface area contributed by atoms with Gasteiger partial charge in [-0.15, -0.1) is 0 Å². The topological polar surface area (TPSA) is 54.5 Å². The van der Waals surface area contributed by atoms with Crippen molar-refractivity contribution in [2.45, 2.75) is 37.9 Å². The van der Waals surface area contributed by atoms with Crippen molar-refractivity contribution in [3.05, 3.63) is 89.8 Å². The van der Waals surface area contributed by atoms with Crippen molar-refractivity contribution in [1.82, 2.24) is 9.88 Å². The molecule has 2 N–H and O–H groups in total. The second-order valence-electron chi connectivity index (χ2n) is 8.20. The first kappa shape index (κ1) is 22.9. The molecule has 1 fully saturated rings. The normalized spacial score (nSPS) is 17.9. The van der Waals surface area contributed by atoms with E-state index in [-0.39, 0.29) is 5.56 Å². The molecule has 1 aromatic heterocycles. The predicted octanol–water partition coefficient (Wildman–Crippen LogP) is 5.55. The predicted molar refractivity (Wildman–Crippen MR) is 120 cm³/mol. The summed E-state index contributed by atoms with van der Waals surface area (Å²) in [5, 5.41) is 0. The van der Waals surface area contributed by atoms with E-state index in [0.29, 0.717) is 41.9 Å². The van der Waals surface area contributed by atoms with Crippen LogP contribution >= 0.6 is 0 Å². The van der Waals surface area contributed by atoms with Gasteiger partial charge in [-0.25, -0.2) is 22.6 Å². The molecule has 0 bridgehead atoms. The van der Waals surface area contributed by atoms with Crippen molar-refractivity contribution >= 4 is 5.84 Å². The molecular weight excluding hydrogens is 432 g/mol. The zero-order valence-corrected chi connectivity index (χ0v) is 18.1. The van der Waals surface area contributed by atoms with Crippen LogP contribution in [-0.2, 0) is 0 Å². The third kappa shape index (κ3) is 5.06. The summed E-state index contributed by atoms with van der Waals surface area (Å²) in [6.07, 6.45) is 3.26. The van der Waals surface area contributed by atoms with Crippen LogP contribution in [0.25, 0.3) is 11.1 Å². The van der Waals surface area contributed by atoms with Crippen LogP contribution < -0.4 is 5.73 Å². The number of aromatic nitrogens is 1. The molecule has 3 aromatic rings. The summed E-state index contributed by atoms with van der Waals surface area (Å²) in [5.74, 6) is -4.03. The molecule has 2 aromatic carbocycles. The highest BCUT2D eigenvalue weighted by Crippen LogP contribution is 2.34. The molecule has 2 heterocycles. The fourth-order valence-electron chi connectivity index (χ4n) is 4.17. The fourth-order valence-corrected chi connectivity index (χ4v) is 4.17. The number of halogens is 4. The summed E-state index contributed by atoms with van der Waals surface area (Å²) < 4.78 is 56.6. The maximum atomic E-state index is 14.4. The van der Waals surface area contributed by atoms with Crippen LogP contribution in [0.3, 0.4) is 0 Å². The number of hydrogen-bond acceptors (Lipinski definition) is 3. The van der Waals surface area contributed by atoms with Crippen molar-refractivity contribution in [3.63, 3.8) is 0 Å². The van der Waals surface area contributed by atoms with Gasteiger partial charge in [0.05, 0.1) is 6.04 Å². The van der Waals surface area contributed by atoms with E-state index >= 15 is 0 Å². The second-order valence-corrected chi connectivity index (χ2v) is 8.20. The van der Waals surface area contributed by atoms with Crippen LogP contribution in [0.5, 0.6) is 0 Å². The van der Waals surface area contributed by atoms with Crippen LogP contribution in [-0.4, -0.2) is 34.2 Å². The van der Waals surface area contributed by atoms with Gasteiger partial charge in [0.25, 0.3) is 5.92 Å². The largest absolute Gasteiger partial charge is 0.347 e. The van der Waals surface area contributed by atoms with Crippen molar-refractivity contribution in [1.29, 1.82) is 0 Å². The molecule has 33 heavy (non-hydrogen) atoms. The van der Waals surface area contributed by atoms with Crippen molar-refractivity contribution in [2.75, 3.05) is 6.54 Å². The summed E-state index contributed by atoms with van der Waals surface area (Å²) in [6, 6.07) is 12.5. The van der Waals surface area contributed by atoms with Crippen LogP contribution in [0.4, 0.5) is 17.6 Å². The SMILES string of the molecule is CC(F)(F)C1CCCN1C(=NC(N)c1cccnc1)c1cccc(-c2ccc(F)cc2F)c1. The molecule has 1 aliphatic rings. The van der Waals surface area contributed by atoms with E-state index in [1.807, 2.05) is 0 Å². The minimum atomic E-state index is -2.95. The first-order chi connectivity index (χ1) is 15.7. The summed E-state index contributed by atoms with van der Waals surface area (Å²) in [6.45, 7) is 1.29. The number of likely N-dealkylation sites (tertiary alicyclic amines) is 1. The zero-order chi connectivity index (χ0) is 23.6. The first-order valence-electron chi connectivity index (χ1n) is 10.7. The minimum absolute atomic E-state index is 0.202. The lowest BCUT2D eigenvalue weighted by molar-refractivity contribution is -0.0356. The minimum Gasteiger partial charge on any atom is -0.347 e. The monoisotopic (exact) mass is 456 g/mol. The third-order valence-electron chi connectivity index (χ3n) is 5.76. The highest BCUT2D eigenvalue weighted by molar-refractivity contribution is 6.00. The molecule has 2 unspecified atom stereocenters. The number of nitrogens with two attached hydrogens (primary N) is 1. The summed E-state index contributed by atoms with van der Waals surface area (Å²) >= 11 is 0. The highest BCUT2D eigenvalue weighted by atomic mass is 19.3. The molecule has 0 aliphatic carbocycles. The molecule has 172 valence electrons. The fraction of sp³-hybridized carbons (Fsp3) is 0.280. The Balaban J connectivity index is 1.81. The van der Waals surface area contributed by atoms with Gasteiger partial charge in [0, 0.05) is 48.6 Å². The number of benzene rings is 2. The van der Waals surface area contributed by atoms with Gasteiger partial charge in [0.15, 0.2) is 0 Å². The second kappa shape index (κ2) is 9.31. The standard InChI is InChI=1S/C25H24F4N4/c1-25(28,29)22-8-4-12-33(22)24(32-23(30)18-7-3-11-31-15-18)17-6-2-5-16(13-17)20-10-9-19(26)14-21(20)27/h2-3,5-7,9-11,13-15,22-23H,4,8,12,30H2,1H3. The van der Waals surface area contributed by atoms with E-state index < -0.39 is 29.8 Å². The number of aliphatic imine (C=N–C) groups is 1. The van der Waals surface area contributed by atoms with Crippen LogP contribution in [0.15, 0.2) is 72.0 Å². The van der Waals surface area contributed by atoms with Gasteiger partial charge in [-0.2, -0.15) is 0 Å². The van der Waals surface area contributed by atoms with E-state index in [2.05, 4.69) is 9.98 Å². The number of pyridine rings is 1. The van der Waals surface area contributed by atoms with Gasteiger partial charge >= 0.3 is 0 Å². The number of amidine groups is 1. The quantitative estimate of drug-likeness (QED) is 0.311. The van der Waals surface area contributed by atoms with E-state index in [4.69, 9.17) is 5.73 Å². The summed E-state index contributed by atoms with van der Waals surface area (Å²) in [5.41, 5.74) is 8.14. The number of hydrogen-bond donors (Lipinski definition) is 1. The van der Waals surface area contributed by atoms with Crippen molar-refractivity contribution in [2.24, 2.45) is 10.7 Å². The molecule has 0 saturated carbocycles. The van der Waals surface area contributed by atoms with Crippen LogP contribution in [0.1, 0.15) is 37.1 Å². The molecule has 2 atom stereocenters. The molecule has 1 aliphatic heterocycles. The van der Waals surface area contributed by atoms with Gasteiger partial charge in [-0.3, -0.25) is 4.98 Å². The molecule has 8 heteroatoms. The Morgan fingerprint density at radius 1 is 1.15 bits per heavy atom. The summed E-state index contributed by atoms with van der Waals surface area (Å²) in [4.78, 5) is 10.3. The molecule has 4 rings (SSSR count). The lowest BCUT2D eigenvalue weighted by Gasteiger charge is -2.32. The van der Waals surface area contributed by atoms with Crippen LogP contribution in [0.2, 0.25) is 0 Å². The Labute approximate surface area is 189 Å². The van der Waals surface area contributed by atoms with Gasteiger partial charge in [0.2, 0.25) is 0 Å². The van der Waals surface area contributed by atoms with Gasteiger partial charge in [-0.05, 0) is 42.7 Å². The number of alkyl halides is 2. The van der Waals surface area contributed by atoms with E-state index in [0.717, 1.165) is 13.0 Å². The van der Waals surface area contributed by atoms with Gasteiger partial charge in [-0.1, -0.05) is 24.3 Å². The maximum Gasteiger partial charge on any atom is 0.265 e. The van der Waals surface area contributed by atoms with Crippen molar-refractivity contribution in [3.8, 4) is 11.1 Å². The molecule has 1 saturated heterocycles. The number of nitrogens with zero attached hydrogens (tertiary/aromatic N) is 3. The maximum absolute atomic E-state index is 14.4. The average Bonchev–Trinajstić information content (AvgIpc) is 3.28. The lowest BCUT2D eigenvalue weighted by Crippen LogP contribution is -2.46. The average molecular weight is 456 g/mol. The molecular formula is C25H24F4N4. The Hall–Kier alpha value is -3.26. The number of rotatable bonds is 5. The Kier molecular flexibility index (Phi) is 6.47. The lowest BCUT2D eigenvalue weighted by atomic mass is 10.0. The van der Waals surface area contributed by atoms with E-state index in [9.17, 15) is 17.6 Å². The molecule has 0 spiro atoms. The zero-order valence-electron chi connectivity index (χ0n) is 18.1. The Morgan fingerprint density at radius 3 is 2.67 bits per heavy atom. The van der Waals surface area contributed by atoms with Crippen LogP contribution in [0, 0.1) is 11.6 Å². The van der Waals surface area contributed by atoms with Crippen molar-refractivity contribution < 1.29 is 17.6 Å². The third-order valence-corrected chi connectivity index (χ3v) is 5.76. The van der Waals surface area contributed by atoms with Gasteiger partial charge in [0.1, 0.15) is 23.6 Å². The molecule has 0 radical (unpaired) electrons. The smallest absolute Gasteiger partial charge is 0.265 e. The van der Waals surface area contributed by atoms with E-state index in [1.165, 1.54) is 12.1 Å². The molecule has 0 amide bonds. The van der Waals surface area contributed by atoms with E-state index in [1.54, 1.807) is 53.7 Å².